The number of thioether (sulfide) groups is 1. The smallest absolute Gasteiger partial charge is 0.289 e. The number of hydrogen-bond donors (Lipinski definition) is 3. The van der Waals surface area contributed by atoms with E-state index < -0.39 is 7.44 Å². The molecule has 1 aromatic carbocycles. The third-order valence-corrected chi connectivity index (χ3v) is 6.66. The van der Waals surface area contributed by atoms with Gasteiger partial charge in [-0.2, -0.15) is 0 Å². The van der Waals surface area contributed by atoms with Crippen molar-refractivity contribution in [2.45, 2.75) is 8.27 Å². The quantitative estimate of drug-likeness (QED) is 0.0504. The minimum absolute atomic E-state index is 0.0168. The highest BCUT2D eigenvalue weighted by atomic mass is 79.9. The van der Waals surface area contributed by atoms with Crippen LogP contribution in [0.25, 0.3) is 11.2 Å². The number of rotatable bonds is 7. The summed E-state index contributed by atoms with van der Waals surface area (Å²) in [4.78, 5) is 26.1. The molecule has 27 heavy (non-hydrogen) atoms. The number of anilines is 2. The average Bonchev–Trinajstić information content (AvgIpc) is 3.02. The molecule has 3 aromatic rings. The Labute approximate surface area is 172 Å². The molecular formula is C12H8BrClFN7O3S2. The fraction of sp³-hybridized carbons (Fsp3) is 0.0833. The molecule has 1 unspecified atom stereocenters. The highest BCUT2D eigenvalue weighted by molar-refractivity contribution is 9.13. The number of phenolic OH excluding ortho intramolecular Hbond substituents is 1. The van der Waals surface area contributed by atoms with Gasteiger partial charge >= 0.3 is 0 Å². The summed E-state index contributed by atoms with van der Waals surface area (Å²) >= 11 is 8.75. The zero-order chi connectivity index (χ0) is 19.6. The lowest BCUT2D eigenvalue weighted by atomic mass is 10.3. The number of aromatic nitrogens is 4. The predicted octanol–water partition coefficient (Wildman–Crippen LogP) is 4.17. The van der Waals surface area contributed by atoms with Gasteiger partial charge in [-0.15, -0.1) is 4.48 Å². The highest BCUT2D eigenvalue weighted by Crippen LogP contribution is 2.50. The van der Waals surface area contributed by atoms with Crippen LogP contribution < -0.4 is 5.32 Å². The lowest BCUT2D eigenvalue weighted by Crippen LogP contribution is -2.26. The van der Waals surface area contributed by atoms with E-state index in [0.717, 1.165) is 0 Å². The largest absolute Gasteiger partial charge is 0.508 e. The van der Waals surface area contributed by atoms with Gasteiger partial charge in [-0.1, -0.05) is 6.07 Å². The summed E-state index contributed by atoms with van der Waals surface area (Å²) < 4.78 is 10.4. The number of halogens is 3. The summed E-state index contributed by atoms with van der Waals surface area (Å²) in [5, 5.41) is 23.3. The molecule has 1 atom stereocenters. The van der Waals surface area contributed by atoms with Gasteiger partial charge in [-0.05, 0) is 44.5 Å². The number of fused-ring (bicyclic) bond motifs is 1. The van der Waals surface area contributed by atoms with Crippen molar-refractivity contribution < 1.29 is 13.9 Å². The van der Waals surface area contributed by atoms with Crippen LogP contribution in [0.5, 0.6) is 5.75 Å². The van der Waals surface area contributed by atoms with Crippen molar-refractivity contribution in [2.24, 2.45) is 0 Å². The van der Waals surface area contributed by atoms with E-state index >= 15 is 0 Å². The van der Waals surface area contributed by atoms with E-state index in [1.165, 1.54) is 18.5 Å². The molecule has 2 aromatic heterocycles. The fourth-order valence-corrected chi connectivity index (χ4v) is 4.31. The number of H-pyrrole nitrogens is 1. The number of imidazole rings is 1. The van der Waals surface area contributed by atoms with Crippen molar-refractivity contribution in [1.29, 1.82) is 0 Å². The van der Waals surface area contributed by atoms with E-state index in [1.54, 1.807) is 12.1 Å². The van der Waals surface area contributed by atoms with Gasteiger partial charge in [0.15, 0.2) is 16.6 Å². The summed E-state index contributed by atoms with van der Waals surface area (Å²) in [7, 11) is 0. The van der Waals surface area contributed by atoms with Crippen LogP contribution in [0.3, 0.4) is 0 Å². The molecule has 3 N–H and O–H groups in total. The van der Waals surface area contributed by atoms with Crippen molar-refractivity contribution in [1.82, 2.24) is 24.6 Å². The summed E-state index contributed by atoms with van der Waals surface area (Å²) in [6, 6.07) is 6.29. The first-order valence-electron chi connectivity index (χ1n) is 6.87. The Morgan fingerprint density at radius 2 is 2.26 bits per heavy atom. The Balaban J connectivity index is 1.98. The first kappa shape index (κ1) is 19.9. The predicted molar refractivity (Wildman–Crippen MR) is 104 cm³/mol. The molecule has 0 bridgehead atoms. The van der Waals surface area contributed by atoms with E-state index in [-0.39, 0.29) is 39.0 Å². The second-order valence-electron chi connectivity index (χ2n) is 4.79. The molecule has 0 spiro atoms. The summed E-state index contributed by atoms with van der Waals surface area (Å²) in [6.45, 7) is 0. The SMILES string of the molecule is O=[N+]([O-])SC(Br)(Sc1nc(Nc2cccc(O)c2)c2[nH]cnc2n1)N(F)Cl. The first-order valence-corrected chi connectivity index (χ1v) is 9.59. The van der Waals surface area contributed by atoms with E-state index in [2.05, 4.69) is 41.2 Å². The van der Waals surface area contributed by atoms with Crippen LogP contribution in [0.15, 0.2) is 35.7 Å². The molecule has 0 aliphatic rings. The Bertz CT molecular complexity index is 997. The van der Waals surface area contributed by atoms with Crippen LogP contribution in [-0.2, 0) is 0 Å². The maximum Gasteiger partial charge on any atom is 0.289 e. The molecule has 2 heterocycles. The third kappa shape index (κ3) is 4.70. The molecular weight excluding hydrogens is 489 g/mol. The molecule has 142 valence electrons. The molecule has 15 heteroatoms. The number of hydrogen-bond acceptors (Lipinski definition) is 10. The van der Waals surface area contributed by atoms with Gasteiger partial charge in [0, 0.05) is 23.5 Å². The zero-order valence-corrected chi connectivity index (χ0v) is 16.8. The van der Waals surface area contributed by atoms with Gasteiger partial charge < -0.3 is 15.4 Å². The number of nitrogens with zero attached hydrogens (tertiary/aromatic N) is 5. The van der Waals surface area contributed by atoms with E-state index in [9.17, 15) is 19.7 Å². The van der Waals surface area contributed by atoms with Crippen LogP contribution in [0.1, 0.15) is 0 Å². The van der Waals surface area contributed by atoms with Crippen molar-refractivity contribution in [3.05, 3.63) is 40.7 Å². The van der Waals surface area contributed by atoms with E-state index in [1.807, 2.05) is 0 Å². The number of aromatic hydroxyl groups is 1. The van der Waals surface area contributed by atoms with Gasteiger partial charge in [0.2, 0.25) is 0 Å². The minimum Gasteiger partial charge on any atom is -0.508 e. The summed E-state index contributed by atoms with van der Waals surface area (Å²) in [5.74, 6) is 0.313. The molecule has 0 saturated heterocycles. The van der Waals surface area contributed by atoms with Crippen molar-refractivity contribution in [3.63, 3.8) is 0 Å². The number of phenols is 1. The third-order valence-electron chi connectivity index (χ3n) is 2.98. The summed E-state index contributed by atoms with van der Waals surface area (Å²) in [5.41, 5.74) is 1.22. The molecule has 0 aliphatic carbocycles. The molecule has 0 amide bonds. The number of aromatic amines is 1. The Morgan fingerprint density at radius 3 is 2.93 bits per heavy atom. The molecule has 3 rings (SSSR count). The molecule has 0 saturated carbocycles. The Morgan fingerprint density at radius 1 is 1.48 bits per heavy atom. The average molecular weight is 497 g/mol. The van der Waals surface area contributed by atoms with Gasteiger partial charge in [-0.25, -0.2) is 15.0 Å². The van der Waals surface area contributed by atoms with Gasteiger partial charge in [0.05, 0.1) is 6.33 Å². The Kier molecular flexibility index (Phi) is 5.90. The van der Waals surface area contributed by atoms with Crippen molar-refractivity contribution in [3.8, 4) is 5.75 Å². The van der Waals surface area contributed by atoms with E-state index in [0.29, 0.717) is 23.0 Å². The van der Waals surface area contributed by atoms with Crippen LogP contribution >= 0.6 is 51.4 Å². The standard InChI is InChI=1S/C12H8BrClFN7O3S2/c13-12(21(14)15,27-22(24)25)26-11-19-9-8(16-5-17-9)10(20-11)18-6-2-1-3-7(23)4-6/h1-5,23H,(H2,16,17,18,19,20). The molecule has 0 fully saturated rings. The number of alkyl halides is 1. The van der Waals surface area contributed by atoms with Crippen molar-refractivity contribution >= 4 is 74.1 Å². The Hall–Kier alpha value is -1.87. The zero-order valence-electron chi connectivity index (χ0n) is 12.8. The van der Waals surface area contributed by atoms with E-state index in [4.69, 9.17) is 11.8 Å². The van der Waals surface area contributed by atoms with Gasteiger partial charge in [0.25, 0.3) is 15.1 Å². The van der Waals surface area contributed by atoms with Gasteiger partial charge in [0.1, 0.15) is 15.6 Å². The summed E-state index contributed by atoms with van der Waals surface area (Å²) in [6.07, 6.45) is 1.39. The second-order valence-corrected chi connectivity index (χ2v) is 9.77. The lowest BCUT2D eigenvalue weighted by Gasteiger charge is -2.20. The number of nitrogens with one attached hydrogen (secondary N) is 2. The molecule has 10 nitrogen and oxygen atoms in total. The minimum atomic E-state index is -2.01. The highest BCUT2D eigenvalue weighted by Gasteiger charge is 2.46. The maximum atomic E-state index is 13.6. The monoisotopic (exact) mass is 495 g/mol. The topological polar surface area (TPSA) is 133 Å². The van der Waals surface area contributed by atoms with Crippen LogP contribution in [0, 0.1) is 10.1 Å². The molecule has 0 aliphatic heterocycles. The fourth-order valence-electron chi connectivity index (χ4n) is 1.96. The van der Waals surface area contributed by atoms with Crippen LogP contribution in [0.2, 0.25) is 0 Å². The second kappa shape index (κ2) is 8.02. The number of nitro groups is 1. The van der Waals surface area contributed by atoms with Gasteiger partial charge in [-0.3, -0.25) is 10.1 Å². The first-order chi connectivity index (χ1) is 12.8. The maximum absolute atomic E-state index is 13.6. The van der Waals surface area contributed by atoms with Crippen LogP contribution in [0.4, 0.5) is 16.0 Å². The molecule has 0 radical (unpaired) electrons. The number of benzene rings is 1. The lowest BCUT2D eigenvalue weighted by molar-refractivity contribution is -0.286. The normalized spacial score (nSPS) is 13.6. The van der Waals surface area contributed by atoms with Crippen LogP contribution in [-0.4, -0.2) is 37.1 Å². The van der Waals surface area contributed by atoms with Crippen molar-refractivity contribution in [2.75, 3.05) is 5.32 Å².